The molecule has 0 radical (unpaired) electrons. The number of amides is 1. The maximum absolute atomic E-state index is 13.2. The van der Waals surface area contributed by atoms with Crippen molar-refractivity contribution in [3.05, 3.63) is 94.7 Å². The van der Waals surface area contributed by atoms with Gasteiger partial charge in [0.1, 0.15) is 16.3 Å². The highest BCUT2D eigenvalue weighted by atomic mass is 32.1. The molecule has 0 saturated carbocycles. The first kappa shape index (κ1) is 17.5. The van der Waals surface area contributed by atoms with Gasteiger partial charge in [-0.3, -0.25) is 4.79 Å². The Hall–Kier alpha value is -2.92. The zero-order valence-corrected chi connectivity index (χ0v) is 15.5. The smallest absolute Gasteiger partial charge is 0.267 e. The lowest BCUT2D eigenvalue weighted by atomic mass is 10.1. The van der Waals surface area contributed by atoms with Gasteiger partial charge in [-0.1, -0.05) is 42.5 Å². The quantitative estimate of drug-likeness (QED) is 0.511. The molecule has 0 atom stereocenters. The number of fused-ring (bicyclic) bond motifs is 1. The molecule has 0 bridgehead atoms. The van der Waals surface area contributed by atoms with Gasteiger partial charge in [-0.15, -0.1) is 11.3 Å². The monoisotopic (exact) mass is 378 g/mol. The molecule has 5 heteroatoms. The van der Waals surface area contributed by atoms with Crippen LogP contribution in [-0.4, -0.2) is 17.0 Å². The Labute approximate surface area is 161 Å². The summed E-state index contributed by atoms with van der Waals surface area (Å²) >= 11 is 1.60. The summed E-state index contributed by atoms with van der Waals surface area (Å²) in [4.78, 5) is 13.8. The average molecular weight is 378 g/mol. The predicted octanol–water partition coefficient (Wildman–Crippen LogP) is 4.86. The number of hydrogen-bond acceptors (Lipinski definition) is 2. The third-order valence-electron chi connectivity index (χ3n) is 4.53. The molecule has 1 amide bonds. The van der Waals surface area contributed by atoms with Crippen LogP contribution in [0.5, 0.6) is 0 Å². The maximum atomic E-state index is 13.2. The highest BCUT2D eigenvalue weighted by Crippen LogP contribution is 2.26. The van der Waals surface area contributed by atoms with Crippen LogP contribution in [-0.2, 0) is 13.0 Å². The summed E-state index contributed by atoms with van der Waals surface area (Å²) in [5.41, 5.74) is 2.79. The van der Waals surface area contributed by atoms with Gasteiger partial charge in [0.2, 0.25) is 0 Å². The second-order valence-corrected chi connectivity index (χ2v) is 7.31. The van der Waals surface area contributed by atoms with Crippen LogP contribution >= 0.6 is 11.3 Å². The first-order valence-electron chi connectivity index (χ1n) is 8.84. The van der Waals surface area contributed by atoms with Crippen LogP contribution in [0.4, 0.5) is 4.39 Å². The van der Waals surface area contributed by atoms with Crippen molar-refractivity contribution < 1.29 is 9.18 Å². The summed E-state index contributed by atoms with van der Waals surface area (Å²) in [5.74, 6) is -0.345. The van der Waals surface area contributed by atoms with Gasteiger partial charge in [-0.25, -0.2) is 4.39 Å². The van der Waals surface area contributed by atoms with E-state index in [-0.39, 0.29) is 11.7 Å². The molecule has 0 aliphatic heterocycles. The summed E-state index contributed by atoms with van der Waals surface area (Å²) in [5, 5.41) is 6.09. The molecule has 0 unspecified atom stereocenters. The Bertz CT molecular complexity index is 1050. The van der Waals surface area contributed by atoms with Gasteiger partial charge in [0, 0.05) is 18.5 Å². The summed E-state index contributed by atoms with van der Waals surface area (Å²) in [6.07, 6.45) is 0.791. The minimum atomic E-state index is -0.258. The molecule has 2 aromatic carbocycles. The molecule has 0 aliphatic carbocycles. The van der Waals surface area contributed by atoms with Crippen LogP contribution in [0, 0.1) is 5.82 Å². The van der Waals surface area contributed by atoms with Gasteiger partial charge in [0.25, 0.3) is 5.91 Å². The van der Waals surface area contributed by atoms with Crippen molar-refractivity contribution in [3.63, 3.8) is 0 Å². The molecule has 0 spiro atoms. The van der Waals surface area contributed by atoms with E-state index in [1.807, 2.05) is 40.3 Å². The number of aromatic nitrogens is 1. The lowest BCUT2D eigenvalue weighted by Gasteiger charge is -2.11. The molecule has 136 valence electrons. The van der Waals surface area contributed by atoms with Crippen LogP contribution < -0.4 is 5.32 Å². The SMILES string of the molecule is O=C(NCCc1ccccc1)c1cc2ccsc2n1Cc1ccc(F)cc1. The van der Waals surface area contributed by atoms with Crippen molar-refractivity contribution in [1.82, 2.24) is 9.88 Å². The second kappa shape index (κ2) is 7.76. The van der Waals surface area contributed by atoms with Crippen LogP contribution in [0.2, 0.25) is 0 Å². The number of benzene rings is 2. The lowest BCUT2D eigenvalue weighted by Crippen LogP contribution is -2.28. The minimum absolute atomic E-state index is 0.0866. The first-order chi connectivity index (χ1) is 13.2. The summed E-state index contributed by atoms with van der Waals surface area (Å²) in [6.45, 7) is 1.12. The van der Waals surface area contributed by atoms with Gasteiger partial charge < -0.3 is 9.88 Å². The zero-order valence-electron chi connectivity index (χ0n) is 14.7. The topological polar surface area (TPSA) is 34.0 Å². The first-order valence-corrected chi connectivity index (χ1v) is 9.72. The second-order valence-electron chi connectivity index (χ2n) is 6.41. The molecule has 27 heavy (non-hydrogen) atoms. The number of carbonyl (C=O) groups excluding carboxylic acids is 1. The maximum Gasteiger partial charge on any atom is 0.267 e. The van der Waals surface area contributed by atoms with Crippen LogP contribution in [0.1, 0.15) is 21.6 Å². The zero-order chi connectivity index (χ0) is 18.6. The predicted molar refractivity (Wildman–Crippen MR) is 108 cm³/mol. The molecule has 3 nitrogen and oxygen atoms in total. The van der Waals surface area contributed by atoms with E-state index < -0.39 is 0 Å². The van der Waals surface area contributed by atoms with E-state index in [4.69, 9.17) is 0 Å². The summed E-state index contributed by atoms with van der Waals surface area (Å²) < 4.78 is 15.2. The van der Waals surface area contributed by atoms with E-state index in [0.29, 0.717) is 18.8 Å². The van der Waals surface area contributed by atoms with Gasteiger partial charge in [0.15, 0.2) is 0 Å². The van der Waals surface area contributed by atoms with E-state index in [1.165, 1.54) is 17.7 Å². The van der Waals surface area contributed by atoms with Crippen LogP contribution in [0.25, 0.3) is 10.2 Å². The van der Waals surface area contributed by atoms with Crippen molar-refractivity contribution >= 4 is 27.5 Å². The van der Waals surface area contributed by atoms with Gasteiger partial charge in [-0.05, 0) is 47.2 Å². The Balaban J connectivity index is 1.52. The molecule has 2 heterocycles. The van der Waals surface area contributed by atoms with Crippen molar-refractivity contribution in [3.8, 4) is 0 Å². The highest BCUT2D eigenvalue weighted by Gasteiger charge is 2.16. The average Bonchev–Trinajstić information content (AvgIpc) is 3.27. The normalized spacial score (nSPS) is 11.0. The van der Waals surface area contributed by atoms with Gasteiger partial charge >= 0.3 is 0 Å². The van der Waals surface area contributed by atoms with E-state index in [1.54, 1.807) is 23.5 Å². The van der Waals surface area contributed by atoms with Crippen molar-refractivity contribution in [2.45, 2.75) is 13.0 Å². The molecule has 4 aromatic rings. The van der Waals surface area contributed by atoms with Crippen LogP contribution in [0.3, 0.4) is 0 Å². The molecule has 0 saturated heterocycles. The largest absolute Gasteiger partial charge is 0.350 e. The number of rotatable bonds is 6. The van der Waals surface area contributed by atoms with Crippen molar-refractivity contribution in [2.24, 2.45) is 0 Å². The third-order valence-corrected chi connectivity index (χ3v) is 5.48. The number of nitrogens with zero attached hydrogens (tertiary/aromatic N) is 1. The molecule has 2 aromatic heterocycles. The summed E-state index contributed by atoms with van der Waals surface area (Å²) in [6, 6.07) is 20.4. The van der Waals surface area contributed by atoms with Crippen molar-refractivity contribution in [1.29, 1.82) is 0 Å². The Kier molecular flexibility index (Phi) is 5.03. The van der Waals surface area contributed by atoms with Gasteiger partial charge in [0.05, 0.1) is 0 Å². The molecular formula is C22H19FN2OS. The number of halogens is 1. The molecular weight excluding hydrogens is 359 g/mol. The lowest BCUT2D eigenvalue weighted by molar-refractivity contribution is 0.0946. The standard InChI is InChI=1S/C22H19FN2OS/c23-19-8-6-17(7-9-19)15-25-20(14-18-11-13-27-22(18)25)21(26)24-12-10-16-4-2-1-3-5-16/h1-9,11,13-14H,10,12,15H2,(H,24,26). The van der Waals surface area contributed by atoms with E-state index in [2.05, 4.69) is 17.4 Å². The Morgan fingerprint density at radius 3 is 2.56 bits per heavy atom. The fourth-order valence-electron chi connectivity index (χ4n) is 3.15. The van der Waals surface area contributed by atoms with E-state index >= 15 is 0 Å². The molecule has 0 fully saturated rings. The fraction of sp³-hybridized carbons (Fsp3) is 0.136. The summed E-state index contributed by atoms with van der Waals surface area (Å²) in [7, 11) is 0. The third kappa shape index (κ3) is 3.93. The van der Waals surface area contributed by atoms with E-state index in [9.17, 15) is 9.18 Å². The number of thiophene rings is 1. The Morgan fingerprint density at radius 2 is 1.78 bits per heavy atom. The Morgan fingerprint density at radius 1 is 1.00 bits per heavy atom. The van der Waals surface area contributed by atoms with Crippen molar-refractivity contribution in [2.75, 3.05) is 6.54 Å². The molecule has 1 N–H and O–H groups in total. The van der Waals surface area contributed by atoms with Gasteiger partial charge in [-0.2, -0.15) is 0 Å². The number of carbonyl (C=O) groups is 1. The highest BCUT2D eigenvalue weighted by molar-refractivity contribution is 7.16. The fourth-order valence-corrected chi connectivity index (χ4v) is 4.04. The number of hydrogen-bond donors (Lipinski definition) is 1. The van der Waals surface area contributed by atoms with E-state index in [0.717, 1.165) is 22.2 Å². The van der Waals surface area contributed by atoms with Crippen LogP contribution in [0.15, 0.2) is 72.1 Å². The number of nitrogens with one attached hydrogen (secondary N) is 1. The molecule has 4 rings (SSSR count). The minimum Gasteiger partial charge on any atom is -0.350 e. The molecule has 0 aliphatic rings.